The molecule has 4 aromatic rings. The largest absolute Gasteiger partial charge is 0.497 e. The van der Waals surface area contributed by atoms with Crippen LogP contribution in [0, 0.1) is 13.8 Å². The molecule has 4 aromatic carbocycles. The fourth-order valence-electron chi connectivity index (χ4n) is 6.20. The highest BCUT2D eigenvalue weighted by Gasteiger charge is 2.35. The van der Waals surface area contributed by atoms with Crippen molar-refractivity contribution >= 4 is 27.5 Å². The fraction of sp³-hybridized carbons (Fsp3) is 0.333. The van der Waals surface area contributed by atoms with Gasteiger partial charge in [-0.2, -0.15) is 0 Å². The SMILES string of the molecule is COc1cccc(N(CC(=O)N(Cc2ccccc2C)C(Cc2ccccc2)C(=O)NC2CCCCC2)S(=O)(=O)c2ccc(C)cc2)c1. The normalized spacial score (nSPS) is 14.1. The number of rotatable bonds is 13. The third kappa shape index (κ3) is 8.63. The highest BCUT2D eigenvalue weighted by molar-refractivity contribution is 7.92. The number of carbonyl (C=O) groups is 2. The van der Waals surface area contributed by atoms with Gasteiger partial charge in [0.25, 0.3) is 10.0 Å². The molecule has 0 spiro atoms. The van der Waals surface area contributed by atoms with Crippen molar-refractivity contribution in [3.8, 4) is 5.75 Å². The lowest BCUT2D eigenvalue weighted by Crippen LogP contribution is -2.55. The number of sulfonamides is 1. The number of hydrogen-bond donors (Lipinski definition) is 1. The average Bonchev–Trinajstić information content (AvgIpc) is 3.10. The van der Waals surface area contributed by atoms with E-state index in [4.69, 9.17) is 4.74 Å². The number of ether oxygens (including phenoxy) is 1. The molecular weight excluding hydrogens is 623 g/mol. The van der Waals surface area contributed by atoms with Crippen LogP contribution in [0.5, 0.6) is 5.75 Å². The van der Waals surface area contributed by atoms with Gasteiger partial charge in [-0.1, -0.05) is 97.6 Å². The average molecular weight is 668 g/mol. The molecular formula is C39H45N3O5S. The third-order valence-corrected chi connectivity index (χ3v) is 10.8. The Morgan fingerprint density at radius 2 is 1.54 bits per heavy atom. The lowest BCUT2D eigenvalue weighted by molar-refractivity contribution is -0.140. The number of benzene rings is 4. The van der Waals surface area contributed by atoms with Crippen LogP contribution in [0.25, 0.3) is 0 Å². The van der Waals surface area contributed by atoms with Crippen molar-refractivity contribution in [1.82, 2.24) is 10.2 Å². The number of carbonyl (C=O) groups excluding carboxylic acids is 2. The Balaban J connectivity index is 1.58. The highest BCUT2D eigenvalue weighted by Crippen LogP contribution is 2.28. The molecule has 0 bridgehead atoms. The summed E-state index contributed by atoms with van der Waals surface area (Å²) in [5.41, 5.74) is 3.95. The van der Waals surface area contributed by atoms with E-state index >= 15 is 0 Å². The zero-order valence-corrected chi connectivity index (χ0v) is 28.8. The predicted octanol–water partition coefficient (Wildman–Crippen LogP) is 6.60. The van der Waals surface area contributed by atoms with Crippen LogP contribution in [-0.4, -0.2) is 50.9 Å². The molecule has 2 amide bonds. The third-order valence-electron chi connectivity index (χ3n) is 9.05. The number of methoxy groups -OCH3 is 1. The summed E-state index contributed by atoms with van der Waals surface area (Å²) in [6, 6.07) is 29.7. The molecule has 1 aliphatic rings. The van der Waals surface area contributed by atoms with Gasteiger partial charge >= 0.3 is 0 Å². The maximum Gasteiger partial charge on any atom is 0.264 e. The van der Waals surface area contributed by atoms with Crippen molar-refractivity contribution in [2.45, 2.75) is 75.9 Å². The summed E-state index contributed by atoms with van der Waals surface area (Å²) in [6.07, 6.45) is 5.31. The summed E-state index contributed by atoms with van der Waals surface area (Å²) in [5, 5.41) is 3.26. The minimum absolute atomic E-state index is 0.0372. The van der Waals surface area contributed by atoms with E-state index in [1.807, 2.05) is 68.4 Å². The van der Waals surface area contributed by atoms with Crippen molar-refractivity contribution < 1.29 is 22.7 Å². The van der Waals surface area contributed by atoms with Crippen LogP contribution in [-0.2, 0) is 32.6 Å². The van der Waals surface area contributed by atoms with E-state index in [2.05, 4.69) is 5.32 Å². The molecule has 1 saturated carbocycles. The molecule has 0 aliphatic heterocycles. The second kappa shape index (κ2) is 16.0. The van der Waals surface area contributed by atoms with Gasteiger partial charge in [0, 0.05) is 25.1 Å². The number of nitrogens with one attached hydrogen (secondary N) is 1. The molecule has 1 atom stereocenters. The maximum atomic E-state index is 14.8. The van der Waals surface area contributed by atoms with E-state index in [-0.39, 0.29) is 35.5 Å². The van der Waals surface area contributed by atoms with Crippen molar-refractivity contribution in [2.75, 3.05) is 18.0 Å². The smallest absolute Gasteiger partial charge is 0.264 e. The summed E-state index contributed by atoms with van der Waals surface area (Å²) in [6.45, 7) is 3.47. The van der Waals surface area contributed by atoms with Crippen LogP contribution < -0.4 is 14.4 Å². The Kier molecular flexibility index (Phi) is 11.5. The summed E-state index contributed by atoms with van der Waals surface area (Å²) in [5.74, 6) is -0.270. The Morgan fingerprint density at radius 3 is 2.23 bits per heavy atom. The van der Waals surface area contributed by atoms with Crippen molar-refractivity contribution in [3.05, 3.63) is 125 Å². The molecule has 0 radical (unpaired) electrons. The number of aryl methyl sites for hydroxylation is 2. The summed E-state index contributed by atoms with van der Waals surface area (Å²) in [4.78, 5) is 30.7. The van der Waals surface area contributed by atoms with Crippen LogP contribution in [0.4, 0.5) is 5.69 Å². The van der Waals surface area contributed by atoms with E-state index in [1.54, 1.807) is 53.4 Å². The maximum absolute atomic E-state index is 14.8. The topological polar surface area (TPSA) is 96.0 Å². The first-order chi connectivity index (χ1) is 23.2. The summed E-state index contributed by atoms with van der Waals surface area (Å²) in [7, 11) is -2.70. The molecule has 0 saturated heterocycles. The summed E-state index contributed by atoms with van der Waals surface area (Å²) < 4.78 is 35.2. The lowest BCUT2D eigenvalue weighted by Gasteiger charge is -2.35. The van der Waals surface area contributed by atoms with Gasteiger partial charge < -0.3 is 15.0 Å². The van der Waals surface area contributed by atoms with E-state index in [0.29, 0.717) is 5.75 Å². The molecule has 9 heteroatoms. The molecule has 5 rings (SSSR count). The Bertz CT molecular complexity index is 1790. The van der Waals surface area contributed by atoms with Gasteiger partial charge in [-0.25, -0.2) is 8.42 Å². The Morgan fingerprint density at radius 1 is 0.854 bits per heavy atom. The molecule has 1 N–H and O–H groups in total. The van der Waals surface area contributed by atoms with E-state index < -0.39 is 28.5 Å². The fourth-order valence-corrected chi connectivity index (χ4v) is 7.61. The standard InChI is InChI=1S/C39H45N3O5S/c1-29-21-23-36(24-22-29)48(45,46)42(34-19-12-20-35(26-34)47-3)28-38(43)41(27-32-16-11-10-13-30(32)2)37(25-31-14-6-4-7-15-31)39(44)40-33-17-8-5-9-18-33/h4,6-7,10-16,19-24,26,33,37H,5,8-9,17-18,25,27-28H2,1-3H3,(H,40,44). The second-order valence-electron chi connectivity index (χ2n) is 12.5. The predicted molar refractivity (Wildman–Crippen MR) is 189 cm³/mol. The van der Waals surface area contributed by atoms with E-state index in [1.165, 1.54) is 7.11 Å². The molecule has 48 heavy (non-hydrogen) atoms. The minimum atomic E-state index is -4.20. The van der Waals surface area contributed by atoms with Gasteiger partial charge in [0.1, 0.15) is 18.3 Å². The zero-order valence-electron chi connectivity index (χ0n) is 28.0. The first kappa shape index (κ1) is 34.7. The first-order valence-corrected chi connectivity index (χ1v) is 18.0. The molecule has 1 unspecified atom stereocenters. The second-order valence-corrected chi connectivity index (χ2v) is 14.4. The number of amides is 2. The van der Waals surface area contributed by atoms with Gasteiger partial charge in [0.05, 0.1) is 17.7 Å². The number of hydrogen-bond acceptors (Lipinski definition) is 5. The van der Waals surface area contributed by atoms with Gasteiger partial charge in [-0.3, -0.25) is 13.9 Å². The molecule has 0 heterocycles. The molecule has 252 valence electrons. The highest BCUT2D eigenvalue weighted by atomic mass is 32.2. The zero-order chi connectivity index (χ0) is 34.1. The monoisotopic (exact) mass is 667 g/mol. The van der Waals surface area contributed by atoms with Crippen LogP contribution in [0.2, 0.25) is 0 Å². The molecule has 1 fully saturated rings. The quantitative estimate of drug-likeness (QED) is 0.174. The molecule has 8 nitrogen and oxygen atoms in total. The minimum Gasteiger partial charge on any atom is -0.497 e. The molecule has 0 aromatic heterocycles. The van der Waals surface area contributed by atoms with Crippen LogP contribution in [0.3, 0.4) is 0 Å². The van der Waals surface area contributed by atoms with E-state index in [9.17, 15) is 18.0 Å². The van der Waals surface area contributed by atoms with Crippen LogP contribution >= 0.6 is 0 Å². The van der Waals surface area contributed by atoms with Gasteiger partial charge in [0.2, 0.25) is 11.8 Å². The lowest BCUT2D eigenvalue weighted by atomic mass is 9.94. The van der Waals surface area contributed by atoms with Gasteiger partial charge in [0.15, 0.2) is 0 Å². The van der Waals surface area contributed by atoms with Crippen LogP contribution in [0.1, 0.15) is 54.4 Å². The van der Waals surface area contributed by atoms with Crippen molar-refractivity contribution in [3.63, 3.8) is 0 Å². The number of nitrogens with zero attached hydrogens (tertiary/aromatic N) is 2. The van der Waals surface area contributed by atoms with Gasteiger partial charge in [-0.05, 0) is 67.6 Å². The van der Waals surface area contributed by atoms with Crippen LogP contribution in [0.15, 0.2) is 108 Å². The summed E-state index contributed by atoms with van der Waals surface area (Å²) >= 11 is 0. The van der Waals surface area contributed by atoms with Crippen molar-refractivity contribution in [2.24, 2.45) is 0 Å². The van der Waals surface area contributed by atoms with Gasteiger partial charge in [-0.15, -0.1) is 0 Å². The first-order valence-electron chi connectivity index (χ1n) is 16.6. The van der Waals surface area contributed by atoms with E-state index in [0.717, 1.165) is 58.7 Å². The molecule has 1 aliphatic carbocycles. The number of anilines is 1. The Labute approximate surface area is 284 Å². The van der Waals surface area contributed by atoms with Crippen molar-refractivity contribution in [1.29, 1.82) is 0 Å². The Hall–Kier alpha value is -4.63.